The molecule has 0 radical (unpaired) electrons. The number of methoxy groups -OCH3 is 1. The minimum Gasteiger partial charge on any atom is -0.778 e. The number of hydrogen-bond acceptors (Lipinski definition) is 15. The van der Waals surface area contributed by atoms with Crippen molar-refractivity contribution in [3.05, 3.63) is 124 Å². The number of rotatable bonds is 16. The molecule has 0 aliphatic carbocycles. The molecule has 4 N–H and O–H groups in total. The number of benzene rings is 3. The van der Waals surface area contributed by atoms with Gasteiger partial charge in [-0.25, -0.2) is 28.2 Å². The minimum absolute atomic E-state index is 0.0370. The van der Waals surface area contributed by atoms with Crippen LogP contribution in [0.5, 0.6) is 11.5 Å². The maximum Gasteiger partial charge on any atom is 0.431 e. The summed E-state index contributed by atoms with van der Waals surface area (Å²) in [6.07, 6.45) is 2.84. The molecular formula is C45H54ClF4N6O14PS3. The highest BCUT2D eigenvalue weighted by Gasteiger charge is 2.35. The zero-order chi connectivity index (χ0) is 55.7. The molecule has 20 nitrogen and oxygen atoms in total. The first kappa shape index (κ1) is 62.6. The van der Waals surface area contributed by atoms with Crippen LogP contribution >= 0.6 is 42.3 Å². The first-order chi connectivity index (χ1) is 34.6. The number of thioether (sulfide) groups is 1. The quantitative estimate of drug-likeness (QED) is 0.0333. The molecule has 2 atom stereocenters. The Labute approximate surface area is 436 Å². The van der Waals surface area contributed by atoms with Crippen molar-refractivity contribution in [2.75, 3.05) is 44.5 Å². The van der Waals surface area contributed by atoms with E-state index in [-0.39, 0.29) is 33.6 Å². The lowest BCUT2D eigenvalue weighted by atomic mass is 10.1. The molecule has 6 rings (SSSR count). The maximum absolute atomic E-state index is 14.2. The zero-order valence-electron chi connectivity index (χ0n) is 40.8. The predicted molar refractivity (Wildman–Crippen MR) is 271 cm³/mol. The largest absolute Gasteiger partial charge is 0.778 e. The van der Waals surface area contributed by atoms with E-state index in [2.05, 4.69) is 23.8 Å². The number of alkyl halides is 3. The molecule has 5 aromatic rings. The summed E-state index contributed by atoms with van der Waals surface area (Å²) in [5, 5.41) is 18.9. The van der Waals surface area contributed by atoms with Gasteiger partial charge in [-0.05, 0) is 96.4 Å². The first-order valence-electron chi connectivity index (χ1n) is 21.7. The van der Waals surface area contributed by atoms with E-state index in [1.165, 1.54) is 37.4 Å². The number of nitrogens with one attached hydrogen (secondary N) is 1. The van der Waals surface area contributed by atoms with Crippen LogP contribution in [0.15, 0.2) is 84.9 Å². The van der Waals surface area contributed by atoms with E-state index in [9.17, 15) is 55.8 Å². The highest BCUT2D eigenvalue weighted by molar-refractivity contribution is 8.00. The van der Waals surface area contributed by atoms with Gasteiger partial charge in [0.15, 0.2) is 6.10 Å². The Hall–Kier alpha value is -5.67. The fourth-order valence-electron chi connectivity index (χ4n) is 6.12. The Morgan fingerprint density at radius 2 is 1.62 bits per heavy atom. The molecule has 0 spiro atoms. The fourth-order valence-corrected chi connectivity index (χ4v) is 8.39. The van der Waals surface area contributed by atoms with E-state index in [1.54, 1.807) is 16.3 Å². The zero-order valence-corrected chi connectivity index (χ0v) is 44.9. The molecule has 1 aliphatic heterocycles. The lowest BCUT2D eigenvalue weighted by Crippen LogP contribution is -2.40. The third-order valence-electron chi connectivity index (χ3n) is 9.52. The highest BCUT2D eigenvalue weighted by atomic mass is 35.5. The Morgan fingerprint density at radius 3 is 2.18 bits per heavy atom. The number of esters is 1. The van der Waals surface area contributed by atoms with Gasteiger partial charge in [-0.1, -0.05) is 30.7 Å². The highest BCUT2D eigenvalue weighted by Crippen LogP contribution is 2.33. The Kier molecular flexibility index (Phi) is 24.4. The van der Waals surface area contributed by atoms with Crippen LogP contribution in [-0.4, -0.2) is 102 Å². The van der Waals surface area contributed by atoms with Crippen molar-refractivity contribution in [1.29, 1.82) is 0 Å². The summed E-state index contributed by atoms with van der Waals surface area (Å²) in [5.74, 6) is -2.65. The topological polar surface area (TPSA) is 275 Å². The number of carboxylic acid groups (broad SMARTS) is 2. The number of aryl methyl sites for hydroxylation is 1. The smallest absolute Gasteiger partial charge is 0.431 e. The molecule has 2 unspecified atom stereocenters. The number of halogens is 5. The van der Waals surface area contributed by atoms with Gasteiger partial charge >= 0.3 is 34.6 Å². The number of hydrogen-bond donors (Lipinski definition) is 4. The normalized spacial score (nSPS) is 13.4. The molecule has 29 heteroatoms. The van der Waals surface area contributed by atoms with E-state index in [0.717, 1.165) is 61.0 Å². The summed E-state index contributed by atoms with van der Waals surface area (Å²) >= 11 is 7.91. The number of carbonyl (C=O) groups excluding carboxylic acids is 1. The van der Waals surface area contributed by atoms with Crippen LogP contribution in [0.3, 0.4) is 0 Å². The molecule has 0 fully saturated rings. The number of ether oxygens (including phenoxy) is 3. The summed E-state index contributed by atoms with van der Waals surface area (Å²) < 4.78 is 83.9. The van der Waals surface area contributed by atoms with Crippen molar-refractivity contribution in [2.45, 2.75) is 70.0 Å². The van der Waals surface area contributed by atoms with E-state index < -0.39 is 73.4 Å². The monoisotopic (exact) mass is 1140 g/mol. The molecular weight excluding hydrogens is 1090 g/mol. The first-order valence-corrected chi connectivity index (χ1v) is 28.1. The molecule has 0 saturated carbocycles. The maximum atomic E-state index is 14.2. The second-order valence-electron chi connectivity index (χ2n) is 15.9. The Balaban J connectivity index is 0.000000324. The van der Waals surface area contributed by atoms with E-state index >= 15 is 0 Å². The van der Waals surface area contributed by atoms with Crippen molar-refractivity contribution in [2.24, 2.45) is 12.0 Å². The minimum atomic E-state index is -4.84. The predicted octanol–water partition coefficient (Wildman–Crippen LogP) is 5.00. The summed E-state index contributed by atoms with van der Waals surface area (Å²) in [4.78, 5) is 91.9. The van der Waals surface area contributed by atoms with Gasteiger partial charge in [0.1, 0.15) is 42.9 Å². The third-order valence-corrected chi connectivity index (χ3v) is 12.5. The van der Waals surface area contributed by atoms with Gasteiger partial charge in [-0.3, -0.25) is 33.7 Å². The SMILES string of the molecule is CCc1ccc(COc2ccc(-n3c(=O)cc(C(F)(F)F)n(C)c3=O)cc2)c(OC(C)C(=O)OC)c1.C[S+](C)C.O=C(O)CNCP(=O)([O-])O.O=C(O)CSc1cc(N=c2sc(=O)n3n2CCCC3)c(F)cc1Cl. The van der Waals surface area contributed by atoms with Crippen LogP contribution in [0.4, 0.5) is 23.2 Å². The second-order valence-corrected chi connectivity index (χ2v) is 22.3. The van der Waals surface area contributed by atoms with Crippen LogP contribution in [0.2, 0.25) is 5.02 Å². The molecule has 0 amide bonds. The number of carboxylic acids is 2. The van der Waals surface area contributed by atoms with E-state index in [0.29, 0.717) is 65.9 Å². The van der Waals surface area contributed by atoms with Crippen molar-refractivity contribution >= 4 is 76.8 Å². The number of aliphatic carboxylic acids is 2. The van der Waals surface area contributed by atoms with Gasteiger partial charge in [0, 0.05) is 36.7 Å². The lowest BCUT2D eigenvalue weighted by molar-refractivity contribution is -0.193. The number of nitrogens with zero attached hydrogens (tertiary/aromatic N) is 5. The van der Waals surface area contributed by atoms with Gasteiger partial charge in [-0.15, -0.1) is 11.8 Å². The molecule has 3 aromatic carbocycles. The average molecular weight is 1140 g/mol. The average Bonchev–Trinajstić information content (AvgIpc) is 3.63. The third kappa shape index (κ3) is 19.9. The van der Waals surface area contributed by atoms with Gasteiger partial charge in [0.25, 0.3) is 5.56 Å². The molecule has 3 heterocycles. The summed E-state index contributed by atoms with van der Waals surface area (Å²) in [7, 11) is -1.49. The van der Waals surface area contributed by atoms with Crippen LogP contribution in [0.1, 0.15) is 43.5 Å². The summed E-state index contributed by atoms with van der Waals surface area (Å²) in [6, 6.07) is 14.2. The number of carbonyl (C=O) groups is 3. The van der Waals surface area contributed by atoms with E-state index in [4.69, 9.17) is 40.9 Å². The van der Waals surface area contributed by atoms with Crippen LogP contribution in [0, 0.1) is 5.82 Å². The van der Waals surface area contributed by atoms with Crippen molar-refractivity contribution in [3.63, 3.8) is 0 Å². The lowest BCUT2D eigenvalue weighted by Gasteiger charge is -2.17. The van der Waals surface area contributed by atoms with Crippen LogP contribution < -0.4 is 40.6 Å². The van der Waals surface area contributed by atoms with Crippen molar-refractivity contribution in [3.8, 4) is 17.2 Å². The van der Waals surface area contributed by atoms with Gasteiger partial charge in [0.05, 0.1) is 55.2 Å². The van der Waals surface area contributed by atoms with E-state index in [1.807, 2.05) is 30.4 Å². The molecule has 0 bridgehead atoms. The standard InChI is InChI=1S/C25H25F3N2O6.C14H13ClFN3O3S2.C3H8NO5P.C3H9S/c1-5-16-6-7-17(20(12-16)36-15(2)23(32)34-4)14-35-19-10-8-18(9-11-19)30-22(31)13-21(25(26,27)28)29(3)24(30)33;15-8-5-9(16)10(6-11(8)23-7-12(20)21)17-13-18-3-1-2-4-19(18)14(22)24-13;5-3(6)1-4-2-10(7,8)9;1-4(2)3/h6-13,15H,5,14H2,1-4H3;5-6H,1-4,7H2,(H,20,21);4H,1-2H2,(H,5,6)(H2,7,8,9);1-3H3/q;;;+1/p-1. The molecule has 2 aromatic heterocycles. The van der Waals surface area contributed by atoms with Gasteiger partial charge < -0.3 is 38.8 Å². The van der Waals surface area contributed by atoms with Gasteiger partial charge in [-0.2, -0.15) is 13.2 Å². The number of fused-ring (bicyclic) bond motifs is 1. The van der Waals surface area contributed by atoms with Crippen LogP contribution in [0.25, 0.3) is 5.69 Å². The molecule has 1 aliphatic rings. The summed E-state index contributed by atoms with van der Waals surface area (Å²) in [6.45, 7) is 4.44. The second kappa shape index (κ2) is 28.9. The van der Waals surface area contributed by atoms with Gasteiger partial charge in [0.2, 0.25) is 4.80 Å². The molecule has 0 saturated heterocycles. The van der Waals surface area contributed by atoms with Crippen molar-refractivity contribution in [1.82, 2.24) is 23.8 Å². The van der Waals surface area contributed by atoms with Crippen LogP contribution in [-0.2, 0) is 73.9 Å². The van der Waals surface area contributed by atoms with Crippen molar-refractivity contribution < 1.29 is 70.7 Å². The fraction of sp³-hybridized carbons (Fsp3) is 0.400. The molecule has 406 valence electrons. The molecule has 74 heavy (non-hydrogen) atoms. The Morgan fingerprint density at radius 1 is 1.00 bits per heavy atom. The Bertz CT molecular complexity index is 3050. The summed E-state index contributed by atoms with van der Waals surface area (Å²) in [5.41, 5.74) is -1.77. The number of aromatic nitrogens is 4.